The molecule has 50 heavy (non-hydrogen) atoms. The summed E-state index contributed by atoms with van der Waals surface area (Å²) in [5, 5.41) is 23.2. The Kier molecular flexibility index (Phi) is 9.87. The highest BCUT2D eigenvalue weighted by molar-refractivity contribution is 7.91. The molecule has 10 nitrogen and oxygen atoms in total. The molecule has 0 saturated heterocycles. The van der Waals surface area contributed by atoms with Gasteiger partial charge >= 0.3 is 24.3 Å². The van der Waals surface area contributed by atoms with Crippen LogP contribution >= 0.6 is 0 Å². The Morgan fingerprint density at radius 3 is 1.38 bits per heavy atom. The molecule has 0 bridgehead atoms. The Hall–Kier alpha value is -5.71. The van der Waals surface area contributed by atoms with Crippen molar-refractivity contribution in [2.24, 2.45) is 0 Å². The lowest BCUT2D eigenvalue weighted by molar-refractivity contribution is -0.288. The number of rotatable bonds is 9. The number of halogens is 6. The van der Waals surface area contributed by atoms with E-state index in [0.29, 0.717) is 12.1 Å². The van der Waals surface area contributed by atoms with E-state index in [2.05, 4.69) is 5.32 Å². The van der Waals surface area contributed by atoms with E-state index in [4.69, 9.17) is 0 Å². The molecule has 4 rings (SSSR count). The zero-order chi connectivity index (χ0) is 37.4. The predicted molar refractivity (Wildman–Crippen MR) is 164 cm³/mol. The Morgan fingerprint density at radius 1 is 0.600 bits per heavy atom. The second-order valence-electron chi connectivity index (χ2n) is 10.8. The van der Waals surface area contributed by atoms with Gasteiger partial charge in [-0.3, -0.25) is 9.59 Å². The molecule has 2 amide bonds. The van der Waals surface area contributed by atoms with Crippen molar-refractivity contribution in [1.82, 2.24) is 5.32 Å². The van der Waals surface area contributed by atoms with Crippen LogP contribution in [0.25, 0.3) is 0 Å². The Bertz CT molecular complexity index is 2100. The minimum Gasteiger partial charge on any atom is -0.478 e. The monoisotopic (exact) mass is 722 g/mol. The fourth-order valence-electron chi connectivity index (χ4n) is 5.19. The normalized spacial score (nSPS) is 12.2. The van der Waals surface area contributed by atoms with Crippen molar-refractivity contribution < 1.29 is 64.2 Å². The standard InChI is InChI=1S/C33H24F6N2O8S/c1-17-3-9-21(10-4-17)50(48,49)22-11-7-20(8-12-22)41-28(43)26-16-19(6-14-24(26)30(46)47)31(32(34,35)36,33(37,38)39)18-5-13-23(29(44)45)25(15-18)27(42)40-2/h3-16H,1-2H3,(H,40,42)(H,41,43)(H,44,45)(H,46,47). The van der Waals surface area contributed by atoms with Crippen LogP contribution in [0.2, 0.25) is 0 Å². The second-order valence-corrected chi connectivity index (χ2v) is 12.7. The maximum Gasteiger partial charge on any atom is 0.411 e. The average Bonchev–Trinajstić information content (AvgIpc) is 3.03. The summed E-state index contributed by atoms with van der Waals surface area (Å²) in [6, 6.07) is 11.5. The summed E-state index contributed by atoms with van der Waals surface area (Å²) in [4.78, 5) is 49.0. The van der Waals surface area contributed by atoms with E-state index in [0.717, 1.165) is 36.9 Å². The van der Waals surface area contributed by atoms with Crippen LogP contribution in [0, 0.1) is 6.92 Å². The van der Waals surface area contributed by atoms with E-state index in [-0.39, 0.29) is 39.7 Å². The second kappa shape index (κ2) is 13.3. The van der Waals surface area contributed by atoms with Crippen molar-refractivity contribution in [3.8, 4) is 0 Å². The predicted octanol–water partition coefficient (Wildman–Crippen LogP) is 6.25. The van der Waals surface area contributed by atoms with Crippen LogP contribution < -0.4 is 10.6 Å². The van der Waals surface area contributed by atoms with Crippen LogP contribution in [0.3, 0.4) is 0 Å². The average molecular weight is 723 g/mol. The summed E-state index contributed by atoms with van der Waals surface area (Å²) in [6.07, 6.45) is -12.5. The fraction of sp³-hybridized carbons (Fsp3) is 0.152. The van der Waals surface area contributed by atoms with E-state index in [1.807, 2.05) is 5.32 Å². The van der Waals surface area contributed by atoms with Gasteiger partial charge < -0.3 is 20.8 Å². The van der Waals surface area contributed by atoms with Crippen molar-refractivity contribution in [3.63, 3.8) is 0 Å². The van der Waals surface area contributed by atoms with Crippen molar-refractivity contribution in [2.75, 3.05) is 12.4 Å². The minimum absolute atomic E-state index is 0.0549. The molecule has 0 aliphatic heterocycles. The molecule has 0 unspecified atom stereocenters. The maximum absolute atomic E-state index is 14.9. The molecule has 0 spiro atoms. The van der Waals surface area contributed by atoms with Crippen LogP contribution in [0.4, 0.5) is 32.0 Å². The van der Waals surface area contributed by atoms with Crippen molar-refractivity contribution >= 4 is 39.3 Å². The van der Waals surface area contributed by atoms with Gasteiger partial charge in [-0.2, -0.15) is 26.3 Å². The zero-order valence-electron chi connectivity index (χ0n) is 25.6. The molecular formula is C33H24F6N2O8S. The summed E-state index contributed by atoms with van der Waals surface area (Å²) in [7, 11) is -3.06. The topological polar surface area (TPSA) is 167 Å². The van der Waals surface area contributed by atoms with E-state index in [1.54, 1.807) is 19.1 Å². The van der Waals surface area contributed by atoms with Crippen molar-refractivity contribution in [1.29, 1.82) is 0 Å². The van der Waals surface area contributed by atoms with Gasteiger partial charge in [0, 0.05) is 12.7 Å². The summed E-state index contributed by atoms with van der Waals surface area (Å²) >= 11 is 0. The number of carboxylic acid groups (broad SMARTS) is 2. The lowest BCUT2D eigenvalue weighted by Crippen LogP contribution is -2.55. The van der Waals surface area contributed by atoms with Crippen LogP contribution in [0.5, 0.6) is 0 Å². The van der Waals surface area contributed by atoms with Crippen LogP contribution in [0.1, 0.15) is 58.1 Å². The van der Waals surface area contributed by atoms with E-state index >= 15 is 0 Å². The number of carbonyl (C=O) groups excluding carboxylic acids is 2. The molecule has 0 atom stereocenters. The number of hydrogen-bond acceptors (Lipinski definition) is 6. The summed E-state index contributed by atoms with van der Waals surface area (Å²) in [6.45, 7) is 1.74. The maximum atomic E-state index is 14.9. The number of nitrogens with one attached hydrogen (secondary N) is 2. The van der Waals surface area contributed by atoms with Crippen molar-refractivity contribution in [3.05, 3.63) is 124 Å². The van der Waals surface area contributed by atoms with Crippen LogP contribution in [0.15, 0.2) is 94.7 Å². The third-order valence-corrected chi connectivity index (χ3v) is 9.47. The first-order valence-electron chi connectivity index (χ1n) is 14.0. The minimum atomic E-state index is -6.27. The molecule has 0 heterocycles. The number of carbonyl (C=O) groups is 4. The van der Waals surface area contributed by atoms with Gasteiger partial charge in [0.1, 0.15) is 0 Å². The quantitative estimate of drug-likeness (QED) is 0.147. The van der Waals surface area contributed by atoms with Gasteiger partial charge in [-0.1, -0.05) is 29.8 Å². The highest BCUT2D eigenvalue weighted by Crippen LogP contribution is 2.56. The molecule has 0 saturated carbocycles. The molecular weight excluding hydrogens is 698 g/mol. The van der Waals surface area contributed by atoms with Gasteiger partial charge in [0.2, 0.25) is 15.3 Å². The third-order valence-electron chi connectivity index (χ3n) is 7.69. The number of amides is 2. The fourth-order valence-corrected chi connectivity index (χ4v) is 6.45. The van der Waals surface area contributed by atoms with Crippen molar-refractivity contribution in [2.45, 2.75) is 34.5 Å². The van der Waals surface area contributed by atoms with Gasteiger partial charge in [-0.05, 0) is 78.7 Å². The molecule has 4 aromatic carbocycles. The first-order chi connectivity index (χ1) is 23.2. The van der Waals surface area contributed by atoms with Crippen LogP contribution in [-0.4, -0.2) is 61.8 Å². The molecule has 4 aromatic rings. The van der Waals surface area contributed by atoms with Gasteiger partial charge in [-0.25, -0.2) is 18.0 Å². The van der Waals surface area contributed by atoms with Gasteiger partial charge in [0.05, 0.1) is 32.0 Å². The number of hydrogen-bond donors (Lipinski definition) is 4. The molecule has 262 valence electrons. The molecule has 0 radical (unpaired) electrons. The lowest BCUT2D eigenvalue weighted by atomic mass is 9.71. The number of benzene rings is 4. The first-order valence-corrected chi connectivity index (χ1v) is 15.5. The number of aryl methyl sites for hydroxylation is 1. The van der Waals surface area contributed by atoms with Crippen LogP contribution in [-0.2, 0) is 15.3 Å². The molecule has 4 N–H and O–H groups in total. The molecule has 0 aromatic heterocycles. The largest absolute Gasteiger partial charge is 0.478 e. The SMILES string of the molecule is CNC(=O)c1cc(C(c2ccc(C(=O)O)c(C(=O)Nc3ccc(S(=O)(=O)c4ccc(C)cc4)cc3)c2)(C(F)(F)F)C(F)(F)F)ccc1C(=O)O. The van der Waals surface area contributed by atoms with E-state index < -0.39 is 84.7 Å². The molecule has 0 fully saturated rings. The van der Waals surface area contributed by atoms with Gasteiger partial charge in [0.25, 0.3) is 11.8 Å². The molecule has 17 heteroatoms. The smallest absolute Gasteiger partial charge is 0.411 e. The Balaban J connectivity index is 1.87. The molecule has 0 aliphatic rings. The summed E-state index contributed by atoms with van der Waals surface area (Å²) in [5.41, 5.74) is -11.8. The first kappa shape index (κ1) is 37.1. The highest BCUT2D eigenvalue weighted by atomic mass is 32.2. The number of anilines is 1. The molecule has 0 aliphatic carbocycles. The highest BCUT2D eigenvalue weighted by Gasteiger charge is 2.72. The third kappa shape index (κ3) is 6.63. The number of alkyl halides is 6. The Labute approximate surface area is 279 Å². The number of aromatic carboxylic acids is 2. The zero-order valence-corrected chi connectivity index (χ0v) is 26.4. The summed E-state index contributed by atoms with van der Waals surface area (Å²) in [5.74, 6) is -6.51. The number of sulfone groups is 1. The number of carboxylic acids is 2. The van der Waals surface area contributed by atoms with E-state index in [9.17, 15) is 64.2 Å². The Morgan fingerprint density at radius 2 is 1.00 bits per heavy atom. The van der Waals surface area contributed by atoms with Gasteiger partial charge in [0.15, 0.2) is 0 Å². The summed E-state index contributed by atoms with van der Waals surface area (Å²) < 4.78 is 116. The van der Waals surface area contributed by atoms with Gasteiger partial charge in [-0.15, -0.1) is 0 Å². The lowest BCUT2D eigenvalue weighted by Gasteiger charge is -2.38. The van der Waals surface area contributed by atoms with E-state index in [1.165, 1.54) is 12.1 Å².